The standard InChI is InChI=1S/C38H49BrN2O12/c1-10-35(6)18-27(44)38(48)36(7)26(43)11-12-34(4,5)30(36)29(31(50-21(3)42)37(38,8)53-35)52-32(46)40-13-14-41(9)33(47)49-19-22-16-28(45)51-25-15-20(2)24(39)17-23(22)25/h10,15-17,26,29-31,43,48H,1,11-14,18-19H2,2-9H3,(H,40,46)/t26-,29-,30-,31-,35-,36-,37+,38-/m0/s1. The largest absolute Gasteiger partial charge is 0.455 e. The summed E-state index contributed by atoms with van der Waals surface area (Å²) in [6.45, 7) is 15.0. The Morgan fingerprint density at radius 2 is 1.81 bits per heavy atom. The number of esters is 1. The highest BCUT2D eigenvalue weighted by molar-refractivity contribution is 9.10. The summed E-state index contributed by atoms with van der Waals surface area (Å²) in [4.78, 5) is 66.7. The molecule has 3 fully saturated rings. The smallest absolute Gasteiger partial charge is 0.409 e. The SMILES string of the molecule is C=C[C@@]1(C)CC(=O)[C@]2(O)[C@@]3(C)[C@@H](O)CCC(C)(C)[C@@H]3[C@H](OC(=O)NCCN(C)C(=O)OCc3cc(=O)oc4cc(C)c(Br)cc34)[C@H](OC(C)=O)[C@@]2(C)O1. The van der Waals surface area contributed by atoms with Gasteiger partial charge in [-0.2, -0.15) is 0 Å². The summed E-state index contributed by atoms with van der Waals surface area (Å²) in [5.41, 5.74) is -6.91. The summed E-state index contributed by atoms with van der Waals surface area (Å²) in [6, 6.07) is 4.75. The van der Waals surface area contributed by atoms with E-state index in [-0.39, 0.29) is 32.5 Å². The molecule has 1 saturated heterocycles. The molecule has 1 aliphatic heterocycles. The topological polar surface area (TPSA) is 191 Å². The fourth-order valence-corrected chi connectivity index (χ4v) is 9.39. The van der Waals surface area contributed by atoms with E-state index >= 15 is 0 Å². The number of hydrogen-bond donors (Lipinski definition) is 3. The number of aryl methyl sites for hydroxylation is 1. The van der Waals surface area contributed by atoms with Gasteiger partial charge in [-0.1, -0.05) is 42.8 Å². The molecule has 2 aliphatic carbocycles. The van der Waals surface area contributed by atoms with Gasteiger partial charge in [0.25, 0.3) is 0 Å². The highest BCUT2D eigenvalue weighted by Crippen LogP contribution is 2.67. The molecule has 15 heteroatoms. The molecule has 2 saturated carbocycles. The van der Waals surface area contributed by atoms with Gasteiger partial charge in [-0.3, -0.25) is 9.59 Å². The molecule has 2 aromatic rings. The normalized spacial score (nSPS) is 33.2. The van der Waals surface area contributed by atoms with E-state index in [1.165, 1.54) is 31.0 Å². The fourth-order valence-electron chi connectivity index (χ4n) is 9.04. The third kappa shape index (κ3) is 6.78. The molecule has 53 heavy (non-hydrogen) atoms. The first-order valence-electron chi connectivity index (χ1n) is 17.5. The lowest BCUT2D eigenvalue weighted by Gasteiger charge is -2.71. The molecule has 14 nitrogen and oxygen atoms in total. The highest BCUT2D eigenvalue weighted by atomic mass is 79.9. The molecule has 1 aromatic carbocycles. The molecule has 2 heterocycles. The van der Waals surface area contributed by atoms with E-state index < -0.39 is 81.4 Å². The first-order valence-corrected chi connectivity index (χ1v) is 18.3. The van der Waals surface area contributed by atoms with Crippen LogP contribution in [0.4, 0.5) is 9.59 Å². The quantitative estimate of drug-likeness (QED) is 0.145. The van der Waals surface area contributed by atoms with Gasteiger partial charge in [-0.05, 0) is 56.7 Å². The van der Waals surface area contributed by atoms with Crippen molar-refractivity contribution >= 4 is 50.8 Å². The Hall–Kier alpha value is -3.79. The van der Waals surface area contributed by atoms with Crippen LogP contribution >= 0.6 is 15.9 Å². The van der Waals surface area contributed by atoms with Gasteiger partial charge in [0.1, 0.15) is 23.9 Å². The third-order valence-corrected chi connectivity index (χ3v) is 12.6. The van der Waals surface area contributed by atoms with Crippen molar-refractivity contribution in [3.8, 4) is 0 Å². The van der Waals surface area contributed by atoms with Crippen LogP contribution in [-0.4, -0.2) is 94.3 Å². The first kappa shape index (κ1) is 40.4. The predicted molar refractivity (Wildman–Crippen MR) is 195 cm³/mol. The number of aliphatic hydroxyl groups is 2. The van der Waals surface area contributed by atoms with Crippen molar-refractivity contribution in [1.29, 1.82) is 0 Å². The van der Waals surface area contributed by atoms with Crippen LogP contribution < -0.4 is 10.9 Å². The number of halogens is 1. The maximum Gasteiger partial charge on any atom is 0.409 e. The molecule has 0 unspecified atom stereocenters. The zero-order valence-corrected chi connectivity index (χ0v) is 33.0. The molecule has 2 amide bonds. The summed E-state index contributed by atoms with van der Waals surface area (Å²) in [7, 11) is 1.47. The van der Waals surface area contributed by atoms with Gasteiger partial charge in [-0.25, -0.2) is 14.4 Å². The van der Waals surface area contributed by atoms with E-state index in [9.17, 15) is 34.2 Å². The molecule has 3 N–H and O–H groups in total. The Morgan fingerprint density at radius 3 is 2.45 bits per heavy atom. The molecule has 5 rings (SSSR count). The Labute approximate surface area is 316 Å². The van der Waals surface area contributed by atoms with Crippen LogP contribution in [0.2, 0.25) is 0 Å². The molecule has 0 bridgehead atoms. The van der Waals surface area contributed by atoms with Gasteiger partial charge in [0.15, 0.2) is 17.5 Å². The number of amides is 2. The molecular formula is C38H49BrN2O12. The van der Waals surface area contributed by atoms with Crippen molar-refractivity contribution in [3.63, 3.8) is 0 Å². The van der Waals surface area contributed by atoms with Crippen LogP contribution in [0.5, 0.6) is 0 Å². The number of benzene rings is 1. The second kappa shape index (κ2) is 14.1. The molecule has 1 aromatic heterocycles. The number of nitrogens with one attached hydrogen (secondary N) is 1. The van der Waals surface area contributed by atoms with Gasteiger partial charge >= 0.3 is 23.8 Å². The lowest BCUT2D eigenvalue weighted by atomic mass is 9.39. The molecule has 0 radical (unpaired) electrons. The number of ether oxygens (including phenoxy) is 4. The van der Waals surface area contributed by atoms with Gasteiger partial charge in [-0.15, -0.1) is 6.58 Å². The number of fused-ring (bicyclic) bond motifs is 4. The Balaban J connectivity index is 1.35. The zero-order valence-electron chi connectivity index (χ0n) is 31.4. The van der Waals surface area contributed by atoms with Crippen LogP contribution in [0, 0.1) is 23.7 Å². The van der Waals surface area contributed by atoms with Crippen molar-refractivity contribution in [2.24, 2.45) is 16.7 Å². The molecule has 290 valence electrons. The number of ketones is 1. The van der Waals surface area contributed by atoms with E-state index in [0.717, 1.165) is 17.0 Å². The van der Waals surface area contributed by atoms with Crippen LogP contribution in [0.15, 0.2) is 44.5 Å². The average Bonchev–Trinajstić information content (AvgIpc) is 3.06. The van der Waals surface area contributed by atoms with Crippen LogP contribution in [-0.2, 0) is 35.1 Å². The number of nitrogens with zero attached hydrogens (tertiary/aromatic N) is 1. The van der Waals surface area contributed by atoms with Gasteiger partial charge in [0, 0.05) is 66.3 Å². The number of carbonyl (C=O) groups is 4. The van der Waals surface area contributed by atoms with Crippen LogP contribution in [0.3, 0.4) is 0 Å². The van der Waals surface area contributed by atoms with Gasteiger partial charge < -0.3 is 43.8 Å². The van der Waals surface area contributed by atoms with Crippen molar-refractivity contribution in [2.45, 2.75) is 109 Å². The minimum absolute atomic E-state index is 0.00743. The zero-order chi connectivity index (χ0) is 39.5. The Bertz CT molecular complexity index is 1900. The average molecular weight is 806 g/mol. The number of hydrogen-bond acceptors (Lipinski definition) is 12. The summed E-state index contributed by atoms with van der Waals surface area (Å²) >= 11 is 3.47. The lowest BCUT2D eigenvalue weighted by molar-refractivity contribution is -0.369. The molecular weight excluding hydrogens is 756 g/mol. The molecule has 3 aliphatic rings. The Kier molecular flexibility index (Phi) is 10.8. The van der Waals surface area contributed by atoms with Crippen molar-refractivity contribution in [2.75, 3.05) is 20.1 Å². The number of Topliss-reactive ketones (excluding diaryl/α,β-unsaturated/α-hetero) is 1. The number of carbonyl (C=O) groups excluding carboxylic acids is 4. The molecule has 8 atom stereocenters. The predicted octanol–water partition coefficient (Wildman–Crippen LogP) is 4.70. The lowest BCUT2D eigenvalue weighted by Crippen LogP contribution is -2.87. The maximum atomic E-state index is 14.2. The van der Waals surface area contributed by atoms with E-state index in [0.29, 0.717) is 23.0 Å². The highest BCUT2D eigenvalue weighted by Gasteiger charge is 2.82. The van der Waals surface area contributed by atoms with Gasteiger partial charge in [0.2, 0.25) is 0 Å². The summed E-state index contributed by atoms with van der Waals surface area (Å²) in [5, 5.41) is 27.6. The third-order valence-electron chi connectivity index (χ3n) is 11.7. The number of rotatable bonds is 8. The second-order valence-corrected chi connectivity index (χ2v) is 16.7. The summed E-state index contributed by atoms with van der Waals surface area (Å²) < 4.78 is 30.0. The second-order valence-electron chi connectivity index (χ2n) is 15.8. The molecule has 0 spiro atoms. The number of likely N-dealkylation sites (N-methyl/N-ethyl adjacent to an activating group) is 1. The van der Waals surface area contributed by atoms with Crippen molar-refractivity contribution < 1.29 is 52.8 Å². The number of aliphatic hydroxyl groups excluding tert-OH is 1. The summed E-state index contributed by atoms with van der Waals surface area (Å²) in [5.74, 6) is -2.27. The minimum Gasteiger partial charge on any atom is -0.455 e. The van der Waals surface area contributed by atoms with Crippen LogP contribution in [0.25, 0.3) is 11.0 Å². The monoisotopic (exact) mass is 804 g/mol. The number of alkyl carbamates (subject to hydrolysis) is 1. The minimum atomic E-state index is -2.37. The van der Waals surface area contributed by atoms with Crippen LogP contribution in [0.1, 0.15) is 71.9 Å². The first-order chi connectivity index (χ1) is 24.5. The summed E-state index contributed by atoms with van der Waals surface area (Å²) in [6.07, 6.45) is -3.78. The van der Waals surface area contributed by atoms with E-state index in [1.807, 2.05) is 20.8 Å². The van der Waals surface area contributed by atoms with E-state index in [4.69, 9.17) is 23.4 Å². The van der Waals surface area contributed by atoms with Gasteiger partial charge in [0.05, 0.1) is 11.7 Å². The van der Waals surface area contributed by atoms with Crippen molar-refractivity contribution in [3.05, 3.63) is 56.9 Å². The maximum absolute atomic E-state index is 14.2. The van der Waals surface area contributed by atoms with E-state index in [1.54, 1.807) is 26.0 Å². The van der Waals surface area contributed by atoms with E-state index in [2.05, 4.69) is 27.8 Å². The Morgan fingerprint density at radius 1 is 1.13 bits per heavy atom. The van der Waals surface area contributed by atoms with Crippen molar-refractivity contribution in [1.82, 2.24) is 10.2 Å². The fraction of sp³-hybridized carbons (Fsp3) is 0.605.